The minimum atomic E-state index is -1.14. The Hall–Kier alpha value is -3.65. The van der Waals surface area contributed by atoms with Crippen LogP contribution in [0.2, 0.25) is 0 Å². The lowest BCUT2D eigenvalue weighted by Gasteiger charge is -2.26. The molecule has 2 aromatic carbocycles. The number of rotatable bonds is 5. The molecule has 0 fully saturated rings. The standard InChI is InChI=1S/C24H24N4O3S/c1-14(2)12-28-22(27(3)24(30)31)20(15-7-5-4-6-8-15)18-11-16(9-10-17(18)23(28)29)21-26-19(25)13-32-21/h4-11,13-14H,12,25H2,1-3H3,(H,30,31). The number of benzene rings is 2. The van der Waals surface area contributed by atoms with Gasteiger partial charge < -0.3 is 10.8 Å². The van der Waals surface area contributed by atoms with Crippen LogP contribution in [-0.2, 0) is 6.54 Å². The number of carboxylic acid groups (broad SMARTS) is 1. The van der Waals surface area contributed by atoms with E-state index in [2.05, 4.69) is 4.98 Å². The van der Waals surface area contributed by atoms with Crippen LogP contribution in [0.5, 0.6) is 0 Å². The van der Waals surface area contributed by atoms with Crippen LogP contribution in [0, 0.1) is 5.92 Å². The van der Waals surface area contributed by atoms with Crippen LogP contribution in [0.25, 0.3) is 32.5 Å². The van der Waals surface area contributed by atoms with Crippen LogP contribution >= 0.6 is 11.3 Å². The molecule has 4 rings (SSSR count). The molecule has 0 aliphatic rings. The molecule has 0 saturated carbocycles. The summed E-state index contributed by atoms with van der Waals surface area (Å²) in [4.78, 5) is 31.1. The number of hydrogen-bond donors (Lipinski definition) is 2. The number of aromatic nitrogens is 2. The van der Waals surface area contributed by atoms with Gasteiger partial charge in [0, 0.05) is 35.5 Å². The number of nitrogens with two attached hydrogens (primary N) is 1. The molecule has 0 aliphatic heterocycles. The number of pyridine rings is 1. The Morgan fingerprint density at radius 1 is 1.16 bits per heavy atom. The summed E-state index contributed by atoms with van der Waals surface area (Å²) < 4.78 is 1.57. The van der Waals surface area contributed by atoms with Gasteiger partial charge in [-0.2, -0.15) is 0 Å². The molecule has 0 unspecified atom stereocenters. The highest BCUT2D eigenvalue weighted by molar-refractivity contribution is 7.13. The Balaban J connectivity index is 2.16. The van der Waals surface area contributed by atoms with E-state index in [9.17, 15) is 14.7 Å². The molecular weight excluding hydrogens is 424 g/mol. The molecule has 164 valence electrons. The van der Waals surface area contributed by atoms with Gasteiger partial charge in [0.1, 0.15) is 16.6 Å². The molecule has 0 saturated heterocycles. The first-order valence-electron chi connectivity index (χ1n) is 10.2. The van der Waals surface area contributed by atoms with Crippen LogP contribution in [0.15, 0.2) is 58.7 Å². The number of fused-ring (bicyclic) bond motifs is 1. The van der Waals surface area contributed by atoms with Crippen molar-refractivity contribution in [3.63, 3.8) is 0 Å². The van der Waals surface area contributed by atoms with Gasteiger partial charge >= 0.3 is 6.09 Å². The summed E-state index contributed by atoms with van der Waals surface area (Å²) in [5.41, 5.74) is 7.93. The first kappa shape index (κ1) is 21.6. The third kappa shape index (κ3) is 3.85. The van der Waals surface area contributed by atoms with E-state index in [0.717, 1.165) is 21.0 Å². The molecule has 0 aliphatic carbocycles. The van der Waals surface area contributed by atoms with Crippen molar-refractivity contribution in [2.45, 2.75) is 20.4 Å². The Labute approximate surface area is 189 Å². The monoisotopic (exact) mass is 448 g/mol. The van der Waals surface area contributed by atoms with Gasteiger partial charge in [-0.15, -0.1) is 11.3 Å². The summed E-state index contributed by atoms with van der Waals surface area (Å²) in [6, 6.07) is 15.1. The molecule has 32 heavy (non-hydrogen) atoms. The minimum Gasteiger partial charge on any atom is -0.465 e. The topological polar surface area (TPSA) is 101 Å². The van der Waals surface area contributed by atoms with Crippen molar-refractivity contribution in [1.29, 1.82) is 0 Å². The number of nitrogen functional groups attached to an aromatic ring is 1. The van der Waals surface area contributed by atoms with Crippen molar-refractivity contribution in [2.75, 3.05) is 17.7 Å². The van der Waals surface area contributed by atoms with Crippen molar-refractivity contribution in [1.82, 2.24) is 9.55 Å². The predicted molar refractivity (Wildman–Crippen MR) is 130 cm³/mol. The maximum atomic E-state index is 13.6. The molecule has 0 atom stereocenters. The van der Waals surface area contributed by atoms with Crippen LogP contribution in [0.3, 0.4) is 0 Å². The lowest BCUT2D eigenvalue weighted by atomic mass is 9.97. The predicted octanol–water partition coefficient (Wildman–Crippen LogP) is 5.14. The van der Waals surface area contributed by atoms with Crippen molar-refractivity contribution in [3.8, 4) is 21.7 Å². The molecule has 8 heteroatoms. The molecule has 3 N–H and O–H groups in total. The molecule has 2 heterocycles. The molecule has 1 amide bonds. The Morgan fingerprint density at radius 3 is 2.47 bits per heavy atom. The first-order valence-corrected chi connectivity index (χ1v) is 11.1. The van der Waals surface area contributed by atoms with Crippen molar-refractivity contribution in [2.24, 2.45) is 5.92 Å². The largest absolute Gasteiger partial charge is 0.465 e. The van der Waals surface area contributed by atoms with Gasteiger partial charge in [0.2, 0.25) is 0 Å². The first-order chi connectivity index (χ1) is 15.3. The number of amides is 1. The SMILES string of the molecule is CC(C)Cn1c(N(C)C(=O)O)c(-c2ccccc2)c2cc(-c3nc(N)cs3)ccc2c1=O. The van der Waals surface area contributed by atoms with Crippen LogP contribution in [-0.4, -0.2) is 27.8 Å². The quantitative estimate of drug-likeness (QED) is 0.440. The summed E-state index contributed by atoms with van der Waals surface area (Å²) in [6.45, 7) is 4.39. The number of anilines is 2. The average molecular weight is 449 g/mol. The fourth-order valence-electron chi connectivity index (χ4n) is 3.85. The van der Waals surface area contributed by atoms with E-state index in [1.807, 2.05) is 56.3 Å². The third-order valence-corrected chi connectivity index (χ3v) is 6.14. The zero-order valence-electron chi connectivity index (χ0n) is 18.1. The highest BCUT2D eigenvalue weighted by atomic mass is 32.1. The molecule has 4 aromatic rings. The smallest absolute Gasteiger partial charge is 0.412 e. The average Bonchev–Trinajstić information content (AvgIpc) is 3.21. The van der Waals surface area contributed by atoms with Gasteiger partial charge in [0.05, 0.1) is 0 Å². The van der Waals surface area contributed by atoms with E-state index in [-0.39, 0.29) is 11.5 Å². The second kappa shape index (κ2) is 8.47. The Kier molecular flexibility index (Phi) is 5.71. The zero-order chi connectivity index (χ0) is 23.0. The molecule has 0 spiro atoms. The maximum Gasteiger partial charge on any atom is 0.412 e. The maximum absolute atomic E-state index is 13.6. The Morgan fingerprint density at radius 2 is 1.88 bits per heavy atom. The van der Waals surface area contributed by atoms with Crippen LogP contribution in [0.1, 0.15) is 13.8 Å². The zero-order valence-corrected chi connectivity index (χ0v) is 18.9. The second-order valence-electron chi connectivity index (χ2n) is 8.05. The summed E-state index contributed by atoms with van der Waals surface area (Å²) in [5, 5.41) is 13.6. The number of carbonyl (C=O) groups is 1. The van der Waals surface area contributed by atoms with Gasteiger partial charge in [-0.05, 0) is 29.0 Å². The molecule has 7 nitrogen and oxygen atoms in total. The van der Waals surface area contributed by atoms with Crippen LogP contribution in [0.4, 0.5) is 16.4 Å². The summed E-state index contributed by atoms with van der Waals surface area (Å²) in [7, 11) is 1.47. The van der Waals surface area contributed by atoms with Gasteiger partial charge in [0.25, 0.3) is 5.56 Å². The van der Waals surface area contributed by atoms with Crippen molar-refractivity contribution in [3.05, 3.63) is 64.3 Å². The fourth-order valence-corrected chi connectivity index (χ4v) is 4.56. The number of nitrogens with zero attached hydrogens (tertiary/aromatic N) is 3. The third-order valence-electron chi connectivity index (χ3n) is 5.23. The number of thiazole rings is 1. The van der Waals surface area contributed by atoms with E-state index >= 15 is 0 Å². The van der Waals surface area contributed by atoms with Crippen molar-refractivity contribution < 1.29 is 9.90 Å². The number of hydrogen-bond acceptors (Lipinski definition) is 5. The van der Waals surface area contributed by atoms with E-state index in [1.54, 1.807) is 16.0 Å². The minimum absolute atomic E-state index is 0.146. The van der Waals surface area contributed by atoms with Gasteiger partial charge in [-0.1, -0.05) is 50.2 Å². The molecule has 0 radical (unpaired) electrons. The van der Waals surface area contributed by atoms with E-state index in [0.29, 0.717) is 34.5 Å². The summed E-state index contributed by atoms with van der Waals surface area (Å²) in [5.74, 6) is 0.935. The van der Waals surface area contributed by atoms with Gasteiger partial charge in [-0.25, -0.2) is 9.78 Å². The lowest BCUT2D eigenvalue weighted by Crippen LogP contribution is -2.34. The fraction of sp³-hybridized carbons (Fsp3) is 0.208. The second-order valence-corrected chi connectivity index (χ2v) is 8.91. The summed E-state index contributed by atoms with van der Waals surface area (Å²) in [6.07, 6.45) is -1.14. The van der Waals surface area contributed by atoms with Crippen molar-refractivity contribution >= 4 is 39.8 Å². The Bertz CT molecular complexity index is 1360. The van der Waals surface area contributed by atoms with Gasteiger partial charge in [0.15, 0.2) is 0 Å². The lowest BCUT2D eigenvalue weighted by molar-refractivity contribution is 0.203. The summed E-state index contributed by atoms with van der Waals surface area (Å²) >= 11 is 1.42. The normalized spacial score (nSPS) is 11.2. The van der Waals surface area contributed by atoms with Gasteiger partial charge in [-0.3, -0.25) is 14.3 Å². The molecular formula is C24H24N4O3S. The van der Waals surface area contributed by atoms with E-state index in [4.69, 9.17) is 5.73 Å². The van der Waals surface area contributed by atoms with E-state index in [1.165, 1.54) is 18.4 Å². The highest BCUT2D eigenvalue weighted by Gasteiger charge is 2.25. The highest BCUT2D eigenvalue weighted by Crippen LogP contribution is 2.38. The molecule has 2 aromatic heterocycles. The van der Waals surface area contributed by atoms with E-state index < -0.39 is 6.09 Å². The molecule has 0 bridgehead atoms. The van der Waals surface area contributed by atoms with Crippen LogP contribution < -0.4 is 16.2 Å².